The molecule has 2 aromatic heterocycles. The molecule has 0 spiro atoms. The van der Waals surface area contributed by atoms with Gasteiger partial charge in [-0.2, -0.15) is 5.10 Å². The Morgan fingerprint density at radius 1 is 1.11 bits per heavy atom. The van der Waals surface area contributed by atoms with Gasteiger partial charge in [0.05, 0.1) is 54.0 Å². The Kier molecular flexibility index (Phi) is 5.76. The Morgan fingerprint density at radius 2 is 2.00 bits per heavy atom. The molecule has 1 unspecified atom stereocenters. The smallest absolute Gasteiger partial charge is 0.150 e. The molecule has 1 aliphatic heterocycles. The van der Waals surface area contributed by atoms with Gasteiger partial charge in [0.1, 0.15) is 17.7 Å². The van der Waals surface area contributed by atoms with Crippen molar-refractivity contribution in [1.82, 2.24) is 19.7 Å². The van der Waals surface area contributed by atoms with Crippen molar-refractivity contribution >= 4 is 22.4 Å². The quantitative estimate of drug-likeness (QED) is 0.400. The zero-order valence-corrected chi connectivity index (χ0v) is 19.4. The van der Waals surface area contributed by atoms with Crippen molar-refractivity contribution in [3.05, 3.63) is 55.0 Å². The van der Waals surface area contributed by atoms with Crippen LogP contribution < -0.4 is 14.4 Å². The van der Waals surface area contributed by atoms with Gasteiger partial charge in [0.2, 0.25) is 0 Å². The van der Waals surface area contributed by atoms with Gasteiger partial charge >= 0.3 is 0 Å². The largest absolute Gasteiger partial charge is 0.497 e. The van der Waals surface area contributed by atoms with Gasteiger partial charge in [-0.1, -0.05) is 0 Å². The molecule has 4 aromatic rings. The number of anilines is 2. The number of methoxy groups -OCH3 is 2. The van der Waals surface area contributed by atoms with Crippen LogP contribution in [-0.2, 0) is 4.74 Å². The molecule has 1 aliphatic rings. The first-order valence-corrected chi connectivity index (χ1v) is 11.5. The lowest BCUT2D eigenvalue weighted by Crippen LogP contribution is -2.21. The SMILES string of the molecule is [2H]C([2H])([2H])Oc1cc(OC)cc(N(CCO)c2ccc3ncc(-c4cnn(C5CCCCO5)c4)nc3c2)c1. The highest BCUT2D eigenvalue weighted by molar-refractivity contribution is 5.82. The summed E-state index contributed by atoms with van der Waals surface area (Å²) in [6.07, 6.45) is 8.45. The average Bonchev–Trinajstić information content (AvgIpc) is 3.41. The number of aliphatic hydroxyl groups is 1. The number of hydrogen-bond acceptors (Lipinski definition) is 8. The Hall–Kier alpha value is -3.69. The van der Waals surface area contributed by atoms with Crippen molar-refractivity contribution < 1.29 is 23.4 Å². The molecule has 2 aromatic carbocycles. The molecule has 0 radical (unpaired) electrons. The topological polar surface area (TPSA) is 94.8 Å². The van der Waals surface area contributed by atoms with Crippen molar-refractivity contribution in [2.45, 2.75) is 25.5 Å². The Labute approximate surface area is 208 Å². The molecule has 3 heterocycles. The third-order valence-corrected chi connectivity index (χ3v) is 6.04. The number of rotatable bonds is 8. The van der Waals surface area contributed by atoms with Crippen LogP contribution in [0.25, 0.3) is 22.3 Å². The number of aliphatic hydroxyl groups excluding tert-OH is 1. The standard InChI is InChI=1S/C26H29N5O4/c1-33-21-11-20(12-22(14-21)34-2)30(8-9-32)19-6-7-23-24(13-19)29-25(16-27-23)18-15-28-31(17-18)26-5-3-4-10-35-26/h6-7,11-17,26,32H,3-5,8-10H2,1-2H3/i1D3. The lowest BCUT2D eigenvalue weighted by atomic mass is 10.2. The van der Waals surface area contributed by atoms with Crippen molar-refractivity contribution in [2.24, 2.45) is 0 Å². The minimum absolute atomic E-state index is 0.0633. The zero-order chi connectivity index (χ0) is 26.7. The van der Waals surface area contributed by atoms with Gasteiger partial charge < -0.3 is 24.2 Å². The van der Waals surface area contributed by atoms with Gasteiger partial charge in [-0.05, 0) is 37.5 Å². The molecule has 0 saturated carbocycles. The highest BCUT2D eigenvalue weighted by Crippen LogP contribution is 2.34. The third kappa shape index (κ3) is 4.91. The van der Waals surface area contributed by atoms with Crippen LogP contribution in [0.4, 0.5) is 11.4 Å². The lowest BCUT2D eigenvalue weighted by Gasteiger charge is -2.25. The number of fused-ring (bicyclic) bond motifs is 1. The predicted octanol–water partition coefficient (Wildman–Crippen LogP) is 4.34. The maximum absolute atomic E-state index is 9.82. The van der Waals surface area contributed by atoms with Crippen LogP contribution in [0, 0.1) is 0 Å². The molecule has 1 atom stereocenters. The maximum Gasteiger partial charge on any atom is 0.150 e. The van der Waals surface area contributed by atoms with Crippen molar-refractivity contribution in [3.8, 4) is 22.8 Å². The zero-order valence-electron chi connectivity index (χ0n) is 22.4. The molecule has 1 fully saturated rings. The normalized spacial score (nSPS) is 17.4. The summed E-state index contributed by atoms with van der Waals surface area (Å²) in [5.74, 6) is 0.552. The minimum atomic E-state index is -2.61. The van der Waals surface area contributed by atoms with Crippen LogP contribution in [-0.4, -0.2) is 58.8 Å². The van der Waals surface area contributed by atoms with E-state index in [4.69, 9.17) is 23.3 Å². The Bertz CT molecular complexity index is 1410. The van der Waals surface area contributed by atoms with Gasteiger partial charge in [0.15, 0.2) is 0 Å². The average molecular weight is 479 g/mol. The van der Waals surface area contributed by atoms with E-state index in [1.165, 1.54) is 13.2 Å². The van der Waals surface area contributed by atoms with Crippen molar-refractivity contribution in [3.63, 3.8) is 0 Å². The summed E-state index contributed by atoms with van der Waals surface area (Å²) in [5.41, 5.74) is 4.21. The molecule has 0 aliphatic carbocycles. The Morgan fingerprint density at radius 3 is 2.77 bits per heavy atom. The first kappa shape index (κ1) is 19.6. The van der Waals surface area contributed by atoms with E-state index in [0.717, 1.165) is 37.1 Å². The van der Waals surface area contributed by atoms with Gasteiger partial charge in [-0.25, -0.2) is 9.67 Å². The fourth-order valence-corrected chi connectivity index (χ4v) is 4.26. The van der Waals surface area contributed by atoms with E-state index in [0.29, 0.717) is 28.2 Å². The molecule has 5 rings (SSSR count). The van der Waals surface area contributed by atoms with Gasteiger partial charge in [-0.15, -0.1) is 0 Å². The van der Waals surface area contributed by atoms with Gasteiger partial charge in [0, 0.05) is 54.5 Å². The van der Waals surface area contributed by atoms with E-state index in [-0.39, 0.29) is 25.1 Å². The number of aromatic nitrogens is 4. The molecule has 1 N–H and O–H groups in total. The van der Waals surface area contributed by atoms with E-state index < -0.39 is 7.04 Å². The second kappa shape index (κ2) is 10.3. The summed E-state index contributed by atoms with van der Waals surface area (Å²) < 4.78 is 40.5. The lowest BCUT2D eigenvalue weighted by molar-refractivity contribution is -0.0394. The van der Waals surface area contributed by atoms with E-state index in [2.05, 4.69) is 10.1 Å². The molecule has 0 bridgehead atoms. The fraction of sp³-hybridized carbons (Fsp3) is 0.346. The summed E-state index contributed by atoms with van der Waals surface area (Å²) in [4.78, 5) is 11.2. The van der Waals surface area contributed by atoms with Crippen LogP contribution in [0.1, 0.15) is 29.6 Å². The minimum Gasteiger partial charge on any atom is -0.497 e. The van der Waals surface area contributed by atoms with E-state index in [9.17, 15) is 5.11 Å². The number of benzene rings is 2. The highest BCUT2D eigenvalue weighted by Gasteiger charge is 2.18. The first-order valence-electron chi connectivity index (χ1n) is 13.0. The first-order chi connectivity index (χ1) is 18.3. The van der Waals surface area contributed by atoms with Crippen LogP contribution in [0.3, 0.4) is 0 Å². The van der Waals surface area contributed by atoms with Gasteiger partial charge in [0.25, 0.3) is 0 Å². The second-order valence-electron chi connectivity index (χ2n) is 8.30. The molecule has 35 heavy (non-hydrogen) atoms. The molecule has 0 amide bonds. The molecule has 9 heteroatoms. The summed E-state index contributed by atoms with van der Waals surface area (Å²) in [7, 11) is -1.12. The second-order valence-corrected chi connectivity index (χ2v) is 8.30. The maximum atomic E-state index is 9.82. The highest BCUT2D eigenvalue weighted by atomic mass is 16.5. The third-order valence-electron chi connectivity index (χ3n) is 6.04. The van der Waals surface area contributed by atoms with Gasteiger partial charge in [-0.3, -0.25) is 4.98 Å². The molecule has 182 valence electrons. The number of hydrogen-bond donors (Lipinski definition) is 1. The van der Waals surface area contributed by atoms with Crippen LogP contribution in [0.15, 0.2) is 55.0 Å². The number of ether oxygens (including phenoxy) is 3. The van der Waals surface area contributed by atoms with Crippen LogP contribution in [0.2, 0.25) is 0 Å². The van der Waals surface area contributed by atoms with Crippen molar-refractivity contribution in [1.29, 1.82) is 0 Å². The monoisotopic (exact) mass is 478 g/mol. The summed E-state index contributed by atoms with van der Waals surface area (Å²) in [5, 5.41) is 14.3. The fourth-order valence-electron chi connectivity index (χ4n) is 4.26. The van der Waals surface area contributed by atoms with Crippen LogP contribution in [0.5, 0.6) is 11.5 Å². The summed E-state index contributed by atoms with van der Waals surface area (Å²) in [6, 6.07) is 10.4. The molecule has 9 nitrogen and oxygen atoms in total. The summed E-state index contributed by atoms with van der Waals surface area (Å²) >= 11 is 0. The van der Waals surface area contributed by atoms with E-state index in [1.807, 2.05) is 34.0 Å². The number of nitrogens with zero attached hydrogens (tertiary/aromatic N) is 5. The van der Waals surface area contributed by atoms with Crippen molar-refractivity contribution in [2.75, 3.05) is 38.8 Å². The summed E-state index contributed by atoms with van der Waals surface area (Å²) in [6.45, 7) is 0.839. The molecular weight excluding hydrogens is 446 g/mol. The van der Waals surface area contributed by atoms with E-state index in [1.54, 1.807) is 24.5 Å². The van der Waals surface area contributed by atoms with E-state index >= 15 is 0 Å². The van der Waals surface area contributed by atoms with Crippen LogP contribution >= 0.6 is 0 Å². The Balaban J connectivity index is 1.48. The molecule has 1 saturated heterocycles. The molecular formula is C26H29N5O4. The predicted molar refractivity (Wildman–Crippen MR) is 133 cm³/mol.